The number of carbonyl (C=O) groups excluding carboxylic acids is 2. The third kappa shape index (κ3) is 4.52. The Hall–Kier alpha value is -3.61. The van der Waals surface area contributed by atoms with Crippen LogP contribution in [0.4, 0.5) is 5.69 Å². The Morgan fingerprint density at radius 1 is 1.26 bits per heavy atom. The first kappa shape index (κ1) is 18.2. The standard InChI is InChI=1S/C20H17NO6/c1-12(20(24)25)27-15-4-2-3-13(9-15)5-7-17(22)14-6-8-18-16(10-14)21-19(23)11-26-18/h2-10,12H,11H2,1H3,(H,21,23)(H,24,25). The molecule has 0 aromatic heterocycles. The number of allylic oxidation sites excluding steroid dienone is 1. The lowest BCUT2D eigenvalue weighted by atomic mass is 10.1. The first-order valence-electron chi connectivity index (χ1n) is 8.21. The van der Waals surface area contributed by atoms with Crippen molar-refractivity contribution in [1.82, 2.24) is 0 Å². The highest BCUT2D eigenvalue weighted by Gasteiger charge is 2.17. The van der Waals surface area contributed by atoms with Crippen LogP contribution < -0.4 is 14.8 Å². The average Bonchev–Trinajstić information content (AvgIpc) is 2.65. The molecule has 7 nitrogen and oxygen atoms in total. The minimum Gasteiger partial charge on any atom is -0.482 e. The van der Waals surface area contributed by atoms with Crippen LogP contribution in [-0.2, 0) is 9.59 Å². The molecular formula is C20H17NO6. The largest absolute Gasteiger partial charge is 0.482 e. The number of ether oxygens (including phenoxy) is 2. The molecule has 1 atom stereocenters. The number of hydrogen-bond donors (Lipinski definition) is 2. The number of benzene rings is 2. The monoisotopic (exact) mass is 367 g/mol. The van der Waals surface area contributed by atoms with Crippen LogP contribution in [0.1, 0.15) is 22.8 Å². The lowest BCUT2D eigenvalue weighted by molar-refractivity contribution is -0.144. The van der Waals surface area contributed by atoms with Gasteiger partial charge >= 0.3 is 5.97 Å². The Labute approximate surface area is 155 Å². The maximum absolute atomic E-state index is 12.4. The summed E-state index contributed by atoms with van der Waals surface area (Å²) >= 11 is 0. The zero-order valence-electron chi connectivity index (χ0n) is 14.5. The molecule has 1 amide bonds. The van der Waals surface area contributed by atoms with Gasteiger partial charge in [0.15, 0.2) is 18.5 Å². The summed E-state index contributed by atoms with van der Waals surface area (Å²) in [6, 6.07) is 11.6. The van der Waals surface area contributed by atoms with Crippen LogP contribution in [0.25, 0.3) is 6.08 Å². The van der Waals surface area contributed by atoms with Crippen molar-refractivity contribution in [1.29, 1.82) is 0 Å². The highest BCUT2D eigenvalue weighted by Crippen LogP contribution is 2.28. The van der Waals surface area contributed by atoms with Crippen LogP contribution in [0.3, 0.4) is 0 Å². The lowest BCUT2D eigenvalue weighted by Crippen LogP contribution is -2.25. The van der Waals surface area contributed by atoms with Crippen molar-refractivity contribution in [3.05, 3.63) is 59.7 Å². The molecule has 1 aliphatic rings. The molecular weight excluding hydrogens is 350 g/mol. The van der Waals surface area contributed by atoms with E-state index in [-0.39, 0.29) is 18.3 Å². The first-order valence-corrected chi connectivity index (χ1v) is 8.21. The number of anilines is 1. The molecule has 2 N–H and O–H groups in total. The van der Waals surface area contributed by atoms with Gasteiger partial charge in [0, 0.05) is 5.56 Å². The van der Waals surface area contributed by atoms with Crippen molar-refractivity contribution in [3.63, 3.8) is 0 Å². The molecule has 3 rings (SSSR count). The Bertz CT molecular complexity index is 934. The van der Waals surface area contributed by atoms with E-state index in [1.807, 2.05) is 0 Å². The second kappa shape index (κ2) is 7.74. The number of aliphatic carboxylic acids is 1. The maximum atomic E-state index is 12.4. The van der Waals surface area contributed by atoms with Crippen molar-refractivity contribution >= 4 is 29.4 Å². The minimum atomic E-state index is -1.06. The Morgan fingerprint density at radius 3 is 2.85 bits per heavy atom. The van der Waals surface area contributed by atoms with Gasteiger partial charge in [-0.25, -0.2) is 4.79 Å². The molecule has 7 heteroatoms. The van der Waals surface area contributed by atoms with E-state index in [1.165, 1.54) is 13.0 Å². The first-order chi connectivity index (χ1) is 12.9. The fraction of sp³-hybridized carbons (Fsp3) is 0.150. The van der Waals surface area contributed by atoms with Crippen molar-refractivity contribution < 1.29 is 29.0 Å². The van der Waals surface area contributed by atoms with Crippen LogP contribution in [0.5, 0.6) is 11.5 Å². The fourth-order valence-corrected chi connectivity index (χ4v) is 2.45. The second-order valence-electron chi connectivity index (χ2n) is 5.92. The van der Waals surface area contributed by atoms with E-state index in [1.54, 1.807) is 48.5 Å². The summed E-state index contributed by atoms with van der Waals surface area (Å²) in [5, 5.41) is 11.6. The Balaban J connectivity index is 1.72. The van der Waals surface area contributed by atoms with Gasteiger partial charge in [-0.05, 0) is 48.9 Å². The van der Waals surface area contributed by atoms with Crippen molar-refractivity contribution in [2.24, 2.45) is 0 Å². The van der Waals surface area contributed by atoms with E-state index in [0.717, 1.165) is 0 Å². The van der Waals surface area contributed by atoms with Crippen molar-refractivity contribution in [2.75, 3.05) is 11.9 Å². The summed E-state index contributed by atoms with van der Waals surface area (Å²) in [5.41, 5.74) is 1.55. The predicted molar refractivity (Wildman–Crippen MR) is 98.1 cm³/mol. The molecule has 2 aromatic rings. The summed E-state index contributed by atoms with van der Waals surface area (Å²) in [4.78, 5) is 34.6. The number of ketones is 1. The van der Waals surface area contributed by atoms with Gasteiger partial charge in [0.1, 0.15) is 11.5 Å². The van der Waals surface area contributed by atoms with E-state index in [0.29, 0.717) is 28.3 Å². The van der Waals surface area contributed by atoms with Crippen LogP contribution in [-0.4, -0.2) is 35.5 Å². The molecule has 1 heterocycles. The van der Waals surface area contributed by atoms with Gasteiger partial charge in [-0.1, -0.05) is 18.2 Å². The smallest absolute Gasteiger partial charge is 0.344 e. The highest BCUT2D eigenvalue weighted by molar-refractivity contribution is 6.08. The number of hydrogen-bond acceptors (Lipinski definition) is 5. The maximum Gasteiger partial charge on any atom is 0.344 e. The SMILES string of the molecule is CC(Oc1cccc(C=CC(=O)c2ccc3c(c2)NC(=O)CO3)c1)C(=O)O. The van der Waals surface area contributed by atoms with Gasteiger partial charge in [-0.2, -0.15) is 0 Å². The second-order valence-corrected chi connectivity index (χ2v) is 5.92. The number of rotatable bonds is 6. The third-order valence-corrected chi connectivity index (χ3v) is 3.84. The van der Waals surface area contributed by atoms with E-state index < -0.39 is 12.1 Å². The molecule has 138 valence electrons. The van der Waals surface area contributed by atoms with E-state index in [9.17, 15) is 14.4 Å². The quantitative estimate of drug-likeness (QED) is 0.601. The summed E-state index contributed by atoms with van der Waals surface area (Å²) < 4.78 is 10.6. The Morgan fingerprint density at radius 2 is 2.07 bits per heavy atom. The molecule has 0 bridgehead atoms. The molecule has 0 saturated carbocycles. The average molecular weight is 367 g/mol. The van der Waals surface area contributed by atoms with Crippen LogP contribution in [0.2, 0.25) is 0 Å². The minimum absolute atomic E-state index is 0.0426. The third-order valence-electron chi connectivity index (χ3n) is 3.84. The van der Waals surface area contributed by atoms with Crippen molar-refractivity contribution in [3.8, 4) is 11.5 Å². The van der Waals surface area contributed by atoms with Crippen LogP contribution in [0.15, 0.2) is 48.5 Å². The van der Waals surface area contributed by atoms with Gasteiger partial charge in [-0.15, -0.1) is 0 Å². The number of carboxylic acid groups (broad SMARTS) is 1. The van der Waals surface area contributed by atoms with E-state index in [2.05, 4.69) is 5.32 Å². The highest BCUT2D eigenvalue weighted by atomic mass is 16.5. The summed E-state index contributed by atoms with van der Waals surface area (Å²) in [6.07, 6.45) is 2.03. The van der Waals surface area contributed by atoms with Crippen LogP contribution in [0, 0.1) is 0 Å². The van der Waals surface area contributed by atoms with Gasteiger partial charge in [0.25, 0.3) is 5.91 Å². The predicted octanol–water partition coefficient (Wildman–Crippen LogP) is 2.77. The number of amides is 1. The zero-order chi connectivity index (χ0) is 19.4. The van der Waals surface area contributed by atoms with Crippen LogP contribution >= 0.6 is 0 Å². The summed E-state index contributed by atoms with van der Waals surface area (Å²) in [5.74, 6) is -0.659. The van der Waals surface area contributed by atoms with Gasteiger partial charge in [0.05, 0.1) is 5.69 Å². The fourth-order valence-electron chi connectivity index (χ4n) is 2.45. The zero-order valence-corrected chi connectivity index (χ0v) is 14.5. The Kier molecular flexibility index (Phi) is 5.21. The number of nitrogens with one attached hydrogen (secondary N) is 1. The molecule has 1 unspecified atom stereocenters. The molecule has 0 aliphatic carbocycles. The topological polar surface area (TPSA) is 102 Å². The molecule has 0 radical (unpaired) electrons. The lowest BCUT2D eigenvalue weighted by Gasteiger charge is -2.17. The molecule has 0 spiro atoms. The molecule has 0 saturated heterocycles. The molecule has 2 aromatic carbocycles. The number of fused-ring (bicyclic) bond motifs is 1. The van der Waals surface area contributed by atoms with Gasteiger partial charge in [0.2, 0.25) is 0 Å². The van der Waals surface area contributed by atoms with Gasteiger partial charge in [-0.3, -0.25) is 9.59 Å². The summed E-state index contributed by atoms with van der Waals surface area (Å²) in [6.45, 7) is 1.39. The molecule has 0 fully saturated rings. The van der Waals surface area contributed by atoms with Crippen molar-refractivity contribution in [2.45, 2.75) is 13.0 Å². The van der Waals surface area contributed by atoms with E-state index >= 15 is 0 Å². The normalized spacial score (nSPS) is 14.0. The number of carboxylic acids is 1. The molecule has 1 aliphatic heterocycles. The van der Waals surface area contributed by atoms with E-state index in [4.69, 9.17) is 14.6 Å². The van der Waals surface area contributed by atoms with Gasteiger partial charge < -0.3 is 19.9 Å². The number of carbonyl (C=O) groups is 3. The molecule has 27 heavy (non-hydrogen) atoms. The summed E-state index contributed by atoms with van der Waals surface area (Å²) in [7, 11) is 0.